The van der Waals surface area contributed by atoms with E-state index in [4.69, 9.17) is 9.47 Å². The Kier molecular flexibility index (Phi) is 4.95. The van der Waals surface area contributed by atoms with Gasteiger partial charge in [0.25, 0.3) is 5.91 Å². The van der Waals surface area contributed by atoms with Crippen molar-refractivity contribution in [2.45, 2.75) is 13.8 Å². The second-order valence-electron chi connectivity index (χ2n) is 5.13. The molecule has 0 aliphatic rings. The number of rotatable bonds is 5. The normalized spacial score (nSPS) is 10.5. The van der Waals surface area contributed by atoms with Crippen molar-refractivity contribution in [3.8, 4) is 11.5 Å². The molecule has 6 nitrogen and oxygen atoms in total. The van der Waals surface area contributed by atoms with E-state index in [0.29, 0.717) is 11.7 Å². The van der Waals surface area contributed by atoms with Gasteiger partial charge in [-0.25, -0.2) is 4.98 Å². The number of ether oxygens (including phenoxy) is 2. The third kappa shape index (κ3) is 3.95. The third-order valence-corrected chi connectivity index (χ3v) is 4.21. The number of hydrogen-bond donors (Lipinski definition) is 1. The Balaban J connectivity index is 1.83. The molecule has 3 rings (SSSR count). The van der Waals surface area contributed by atoms with E-state index in [9.17, 15) is 9.59 Å². The van der Waals surface area contributed by atoms with Crippen molar-refractivity contribution < 1.29 is 19.1 Å². The van der Waals surface area contributed by atoms with E-state index in [1.165, 1.54) is 18.3 Å². The molecule has 0 saturated heterocycles. The Labute approximate surface area is 148 Å². The zero-order valence-electron chi connectivity index (χ0n) is 13.7. The van der Waals surface area contributed by atoms with E-state index in [1.807, 2.05) is 25.1 Å². The van der Waals surface area contributed by atoms with Crippen LogP contribution < -0.4 is 14.8 Å². The number of benzene rings is 2. The van der Waals surface area contributed by atoms with Gasteiger partial charge in [0.2, 0.25) is 0 Å². The molecule has 0 fully saturated rings. The standard InChI is InChI=1S/C18H16N2O4S/c1-3-23-12-8-9-14-16(10-12)25-18(19-14)20-17(22)13-6-4-5-7-15(13)24-11(2)21/h4-10H,3H2,1-2H3,(H,19,20,22). The number of para-hydroxylation sites is 1. The molecule has 0 unspecified atom stereocenters. The van der Waals surface area contributed by atoms with Crippen molar-refractivity contribution in [3.63, 3.8) is 0 Å². The van der Waals surface area contributed by atoms with Crippen LogP contribution in [0.25, 0.3) is 10.2 Å². The highest BCUT2D eigenvalue weighted by atomic mass is 32.1. The van der Waals surface area contributed by atoms with Crippen LogP contribution in [0.5, 0.6) is 11.5 Å². The summed E-state index contributed by atoms with van der Waals surface area (Å²) in [5.41, 5.74) is 1.05. The predicted molar refractivity (Wildman–Crippen MR) is 96.5 cm³/mol. The molecule has 2 aromatic carbocycles. The molecule has 0 atom stereocenters. The number of fused-ring (bicyclic) bond motifs is 1. The van der Waals surface area contributed by atoms with Gasteiger partial charge < -0.3 is 9.47 Å². The highest BCUT2D eigenvalue weighted by Crippen LogP contribution is 2.30. The van der Waals surface area contributed by atoms with Crippen LogP contribution in [-0.2, 0) is 4.79 Å². The lowest BCUT2D eigenvalue weighted by Crippen LogP contribution is -2.14. The lowest BCUT2D eigenvalue weighted by Gasteiger charge is -2.07. The third-order valence-electron chi connectivity index (χ3n) is 3.28. The maximum absolute atomic E-state index is 12.5. The smallest absolute Gasteiger partial charge is 0.308 e. The van der Waals surface area contributed by atoms with E-state index >= 15 is 0 Å². The second kappa shape index (κ2) is 7.31. The van der Waals surface area contributed by atoms with Crippen LogP contribution in [0.1, 0.15) is 24.2 Å². The van der Waals surface area contributed by atoms with Crippen LogP contribution in [0, 0.1) is 0 Å². The molecular weight excluding hydrogens is 340 g/mol. The summed E-state index contributed by atoms with van der Waals surface area (Å²) < 4.78 is 11.5. The zero-order chi connectivity index (χ0) is 17.8. The van der Waals surface area contributed by atoms with E-state index < -0.39 is 5.97 Å². The van der Waals surface area contributed by atoms with Gasteiger partial charge in [0.1, 0.15) is 11.5 Å². The quantitative estimate of drug-likeness (QED) is 0.555. The number of nitrogens with zero attached hydrogens (tertiary/aromatic N) is 1. The molecule has 3 aromatic rings. The van der Waals surface area contributed by atoms with Gasteiger partial charge >= 0.3 is 5.97 Å². The van der Waals surface area contributed by atoms with Gasteiger partial charge in [-0.3, -0.25) is 14.9 Å². The molecule has 128 valence electrons. The van der Waals surface area contributed by atoms with Crippen molar-refractivity contribution in [1.29, 1.82) is 0 Å². The van der Waals surface area contributed by atoms with E-state index in [2.05, 4.69) is 10.3 Å². The minimum Gasteiger partial charge on any atom is -0.494 e. The fraction of sp³-hybridized carbons (Fsp3) is 0.167. The van der Waals surface area contributed by atoms with Crippen LogP contribution in [0.4, 0.5) is 5.13 Å². The lowest BCUT2D eigenvalue weighted by atomic mass is 10.2. The summed E-state index contributed by atoms with van der Waals surface area (Å²) in [6.07, 6.45) is 0. The summed E-state index contributed by atoms with van der Waals surface area (Å²) in [4.78, 5) is 28.1. The first kappa shape index (κ1) is 16.9. The minimum absolute atomic E-state index is 0.215. The summed E-state index contributed by atoms with van der Waals surface area (Å²) >= 11 is 1.35. The molecular formula is C18H16N2O4S. The Bertz CT molecular complexity index is 936. The molecule has 25 heavy (non-hydrogen) atoms. The van der Waals surface area contributed by atoms with Crippen molar-refractivity contribution in [1.82, 2.24) is 4.98 Å². The molecule has 1 aromatic heterocycles. The predicted octanol–water partition coefficient (Wildman–Crippen LogP) is 3.87. The molecule has 0 bridgehead atoms. The number of aromatic nitrogens is 1. The molecule has 1 heterocycles. The summed E-state index contributed by atoms with van der Waals surface area (Å²) in [6.45, 7) is 3.79. The molecule has 0 saturated carbocycles. The fourth-order valence-electron chi connectivity index (χ4n) is 2.28. The van der Waals surface area contributed by atoms with Gasteiger partial charge in [0.15, 0.2) is 5.13 Å². The average molecular weight is 356 g/mol. The largest absolute Gasteiger partial charge is 0.494 e. The van der Waals surface area contributed by atoms with E-state index in [-0.39, 0.29) is 17.2 Å². The molecule has 0 aliphatic heterocycles. The van der Waals surface area contributed by atoms with Gasteiger partial charge in [-0.15, -0.1) is 0 Å². The first-order valence-corrected chi connectivity index (χ1v) is 8.50. The maximum atomic E-state index is 12.5. The summed E-state index contributed by atoms with van der Waals surface area (Å²) in [7, 11) is 0. The molecule has 0 spiro atoms. The monoisotopic (exact) mass is 356 g/mol. The van der Waals surface area contributed by atoms with Gasteiger partial charge in [-0.05, 0) is 37.3 Å². The maximum Gasteiger partial charge on any atom is 0.308 e. The minimum atomic E-state index is -0.483. The van der Waals surface area contributed by atoms with E-state index in [0.717, 1.165) is 16.0 Å². The topological polar surface area (TPSA) is 77.5 Å². The van der Waals surface area contributed by atoms with Gasteiger partial charge in [0, 0.05) is 6.92 Å². The number of nitrogens with one attached hydrogen (secondary N) is 1. The number of esters is 1. The molecule has 1 amide bonds. The zero-order valence-corrected chi connectivity index (χ0v) is 14.6. The molecule has 7 heteroatoms. The number of hydrogen-bond acceptors (Lipinski definition) is 6. The van der Waals surface area contributed by atoms with Gasteiger partial charge in [-0.1, -0.05) is 23.5 Å². The lowest BCUT2D eigenvalue weighted by molar-refractivity contribution is -0.131. The van der Waals surface area contributed by atoms with Crippen LogP contribution >= 0.6 is 11.3 Å². The van der Waals surface area contributed by atoms with Crippen molar-refractivity contribution in [2.24, 2.45) is 0 Å². The second-order valence-corrected chi connectivity index (χ2v) is 6.16. The average Bonchev–Trinajstić information content (AvgIpc) is 2.96. The number of amides is 1. The highest BCUT2D eigenvalue weighted by molar-refractivity contribution is 7.22. The van der Waals surface area contributed by atoms with Crippen LogP contribution in [0.3, 0.4) is 0 Å². The molecule has 0 radical (unpaired) electrons. The van der Waals surface area contributed by atoms with Crippen LogP contribution in [-0.4, -0.2) is 23.5 Å². The summed E-state index contributed by atoms with van der Waals surface area (Å²) in [6, 6.07) is 12.1. The van der Waals surface area contributed by atoms with Crippen molar-refractivity contribution in [2.75, 3.05) is 11.9 Å². The first-order chi connectivity index (χ1) is 12.1. The number of carbonyl (C=O) groups is 2. The van der Waals surface area contributed by atoms with Crippen molar-refractivity contribution >= 4 is 38.6 Å². The number of thiazole rings is 1. The Morgan fingerprint density at radius 2 is 2.00 bits per heavy atom. The van der Waals surface area contributed by atoms with Crippen molar-refractivity contribution in [3.05, 3.63) is 48.0 Å². The highest BCUT2D eigenvalue weighted by Gasteiger charge is 2.15. The SMILES string of the molecule is CCOc1ccc2nc(NC(=O)c3ccccc3OC(C)=O)sc2c1. The first-order valence-electron chi connectivity index (χ1n) is 7.69. The van der Waals surface area contributed by atoms with Gasteiger partial charge in [0.05, 0.1) is 22.4 Å². The number of carbonyl (C=O) groups excluding carboxylic acids is 2. The Morgan fingerprint density at radius 3 is 2.76 bits per heavy atom. The molecule has 1 N–H and O–H groups in total. The number of anilines is 1. The van der Waals surface area contributed by atoms with Crippen LogP contribution in [0.15, 0.2) is 42.5 Å². The van der Waals surface area contributed by atoms with Gasteiger partial charge in [-0.2, -0.15) is 0 Å². The fourth-order valence-corrected chi connectivity index (χ4v) is 3.17. The Hall–Kier alpha value is -2.93. The van der Waals surface area contributed by atoms with Crippen LogP contribution in [0.2, 0.25) is 0 Å². The molecule has 0 aliphatic carbocycles. The van der Waals surface area contributed by atoms with E-state index in [1.54, 1.807) is 24.3 Å². The Morgan fingerprint density at radius 1 is 1.20 bits per heavy atom. The summed E-state index contributed by atoms with van der Waals surface area (Å²) in [5, 5.41) is 3.21. The summed E-state index contributed by atoms with van der Waals surface area (Å²) in [5.74, 6) is 0.105.